The van der Waals surface area contributed by atoms with E-state index in [1.165, 1.54) is 12.8 Å². The molecule has 3 unspecified atom stereocenters. The third-order valence-corrected chi connectivity index (χ3v) is 8.66. The Labute approximate surface area is 225 Å². The van der Waals surface area contributed by atoms with Crippen LogP contribution in [0.3, 0.4) is 0 Å². The third-order valence-electron chi connectivity index (χ3n) is 8.66. The highest BCUT2D eigenvalue weighted by Crippen LogP contribution is 2.32. The van der Waals surface area contributed by atoms with Crippen LogP contribution in [0.1, 0.15) is 68.6 Å². The summed E-state index contributed by atoms with van der Waals surface area (Å²) in [5, 5.41) is 2.97. The number of piperidine rings is 1. The number of nitrogens with zero attached hydrogens (tertiary/aromatic N) is 4. The second kappa shape index (κ2) is 11.7. The van der Waals surface area contributed by atoms with Gasteiger partial charge in [-0.25, -0.2) is 4.79 Å². The zero-order chi connectivity index (χ0) is 26.6. The van der Waals surface area contributed by atoms with E-state index >= 15 is 0 Å². The van der Waals surface area contributed by atoms with Crippen molar-refractivity contribution in [2.45, 2.75) is 70.4 Å². The topological polar surface area (TPSA) is 93.3 Å². The molecule has 0 bridgehead atoms. The number of fused-ring (bicyclic) bond motifs is 1. The first-order chi connectivity index (χ1) is 18.4. The highest BCUT2D eigenvalue weighted by Gasteiger charge is 2.52. The molecule has 4 aliphatic rings. The lowest BCUT2D eigenvalue weighted by Crippen LogP contribution is -2.49. The van der Waals surface area contributed by atoms with E-state index < -0.39 is 6.04 Å². The Balaban J connectivity index is 1.07. The molecule has 1 N–H and O–H groups in total. The molecule has 1 aromatic rings. The number of hydrogen-bond acceptors (Lipinski definition) is 5. The Kier molecular flexibility index (Phi) is 8.19. The molecule has 206 valence electrons. The van der Waals surface area contributed by atoms with E-state index in [-0.39, 0.29) is 42.1 Å². The number of anilines is 1. The van der Waals surface area contributed by atoms with Crippen LogP contribution in [0.2, 0.25) is 0 Å². The van der Waals surface area contributed by atoms with Crippen molar-refractivity contribution in [3.8, 4) is 0 Å². The minimum Gasteiger partial charge on any atom is -0.372 e. The number of carbonyl (C=O) groups excluding carboxylic acids is 4. The number of hydrogen-bond donors (Lipinski definition) is 1. The van der Waals surface area contributed by atoms with Crippen LogP contribution in [0, 0.1) is 5.92 Å². The number of urea groups is 1. The number of carbonyl (C=O) groups is 4. The van der Waals surface area contributed by atoms with Gasteiger partial charge in [0.25, 0.3) is 5.91 Å². The predicted molar refractivity (Wildman–Crippen MR) is 145 cm³/mol. The molecule has 9 heteroatoms. The Morgan fingerprint density at radius 2 is 1.61 bits per heavy atom. The van der Waals surface area contributed by atoms with Crippen LogP contribution in [0.5, 0.6) is 0 Å². The lowest BCUT2D eigenvalue weighted by atomic mass is 10.0. The van der Waals surface area contributed by atoms with Gasteiger partial charge in [-0.05, 0) is 75.1 Å². The molecular weight excluding hydrogens is 482 g/mol. The first-order valence-corrected chi connectivity index (χ1v) is 14.4. The molecular formula is C29H41N5O4. The molecule has 4 aliphatic heterocycles. The Hall–Kier alpha value is -3.10. The number of benzene rings is 1. The lowest BCUT2D eigenvalue weighted by Gasteiger charge is -2.33. The van der Waals surface area contributed by atoms with E-state index in [1.807, 2.05) is 36.1 Å². The van der Waals surface area contributed by atoms with Crippen molar-refractivity contribution in [1.29, 1.82) is 0 Å². The number of likely N-dealkylation sites (tertiary alicyclic amines) is 3. The monoisotopic (exact) mass is 523 g/mol. The smallest absolute Gasteiger partial charge is 0.320 e. The Bertz CT molecular complexity index is 1030. The summed E-state index contributed by atoms with van der Waals surface area (Å²) < 4.78 is 0. The predicted octanol–water partition coefficient (Wildman–Crippen LogP) is 2.89. The zero-order valence-corrected chi connectivity index (χ0v) is 22.6. The van der Waals surface area contributed by atoms with Crippen molar-refractivity contribution in [1.82, 2.24) is 20.0 Å². The summed E-state index contributed by atoms with van der Waals surface area (Å²) in [6, 6.07) is 7.01. The van der Waals surface area contributed by atoms with Crippen molar-refractivity contribution in [3.05, 3.63) is 29.8 Å². The van der Waals surface area contributed by atoms with E-state index in [2.05, 4.69) is 10.2 Å². The van der Waals surface area contributed by atoms with Gasteiger partial charge in [0.05, 0.1) is 12.6 Å². The van der Waals surface area contributed by atoms with Crippen molar-refractivity contribution >= 4 is 29.3 Å². The molecule has 9 nitrogen and oxygen atoms in total. The quantitative estimate of drug-likeness (QED) is 0.593. The van der Waals surface area contributed by atoms with Gasteiger partial charge in [0, 0.05) is 56.9 Å². The molecule has 4 amide bonds. The summed E-state index contributed by atoms with van der Waals surface area (Å²) in [5.41, 5.74) is 1.80. The minimum absolute atomic E-state index is 0.0260. The van der Waals surface area contributed by atoms with Crippen molar-refractivity contribution in [2.24, 2.45) is 5.92 Å². The maximum atomic E-state index is 13.2. The molecule has 4 heterocycles. The van der Waals surface area contributed by atoms with E-state index in [4.69, 9.17) is 0 Å². The second-order valence-corrected chi connectivity index (χ2v) is 11.4. The van der Waals surface area contributed by atoms with Gasteiger partial charge >= 0.3 is 6.03 Å². The fraction of sp³-hybridized carbons (Fsp3) is 0.655. The van der Waals surface area contributed by atoms with Crippen LogP contribution in [0.15, 0.2) is 24.3 Å². The van der Waals surface area contributed by atoms with Gasteiger partial charge in [-0.1, -0.05) is 6.92 Å². The summed E-state index contributed by atoms with van der Waals surface area (Å²) in [7, 11) is 0. The number of rotatable bonds is 7. The molecule has 4 saturated heterocycles. The highest BCUT2D eigenvalue weighted by molar-refractivity contribution is 5.97. The van der Waals surface area contributed by atoms with Crippen LogP contribution in [0.4, 0.5) is 10.5 Å². The van der Waals surface area contributed by atoms with Crippen LogP contribution < -0.4 is 10.2 Å². The molecule has 0 saturated carbocycles. The average Bonchev–Trinajstić information content (AvgIpc) is 3.68. The summed E-state index contributed by atoms with van der Waals surface area (Å²) in [4.78, 5) is 59.3. The molecule has 5 rings (SSSR count). The Morgan fingerprint density at radius 3 is 2.32 bits per heavy atom. The zero-order valence-electron chi connectivity index (χ0n) is 22.6. The van der Waals surface area contributed by atoms with Crippen LogP contribution in [-0.4, -0.2) is 96.2 Å². The van der Waals surface area contributed by atoms with Crippen LogP contribution in [-0.2, 0) is 9.59 Å². The fourth-order valence-corrected chi connectivity index (χ4v) is 6.48. The van der Waals surface area contributed by atoms with Gasteiger partial charge < -0.3 is 24.9 Å². The molecule has 3 atom stereocenters. The van der Waals surface area contributed by atoms with E-state index in [9.17, 15) is 19.2 Å². The standard InChI is InChI=1S/C29H41N5O4/c1-21(11-13-30-28(37)22-7-9-23(10-8-22)31-14-5-6-15-31)19-26(36)33-18-12-24-27(33)25(35)20-34(24)29(38)32-16-3-2-4-17-32/h7-10,21,24,27H,2-6,11-20H2,1H3,(H,30,37). The summed E-state index contributed by atoms with van der Waals surface area (Å²) in [6.45, 7) is 6.77. The minimum atomic E-state index is -0.508. The number of Topliss-reactive ketones (excluding diaryl/α,β-unsaturated/α-hetero) is 1. The van der Waals surface area contributed by atoms with Gasteiger partial charge in [-0.3, -0.25) is 14.4 Å². The van der Waals surface area contributed by atoms with Gasteiger partial charge in [-0.2, -0.15) is 0 Å². The van der Waals surface area contributed by atoms with Gasteiger partial charge in [0.2, 0.25) is 5.91 Å². The number of amides is 4. The number of ketones is 1. The normalized spacial score (nSPS) is 24.1. The summed E-state index contributed by atoms with van der Waals surface area (Å²) in [5.74, 6) is -0.0905. The van der Waals surface area contributed by atoms with Gasteiger partial charge in [0.15, 0.2) is 5.78 Å². The van der Waals surface area contributed by atoms with Crippen LogP contribution >= 0.6 is 0 Å². The first kappa shape index (κ1) is 26.5. The molecule has 0 aromatic heterocycles. The van der Waals surface area contributed by atoms with Crippen molar-refractivity contribution < 1.29 is 19.2 Å². The van der Waals surface area contributed by atoms with E-state index in [0.717, 1.165) is 51.1 Å². The third kappa shape index (κ3) is 5.66. The molecule has 4 fully saturated rings. The van der Waals surface area contributed by atoms with Crippen molar-refractivity contribution in [2.75, 3.05) is 50.7 Å². The van der Waals surface area contributed by atoms with Gasteiger partial charge in [0.1, 0.15) is 6.04 Å². The molecule has 38 heavy (non-hydrogen) atoms. The van der Waals surface area contributed by atoms with Gasteiger partial charge in [-0.15, -0.1) is 0 Å². The molecule has 0 radical (unpaired) electrons. The second-order valence-electron chi connectivity index (χ2n) is 11.4. The largest absolute Gasteiger partial charge is 0.372 e. The number of nitrogens with one attached hydrogen (secondary N) is 1. The van der Waals surface area contributed by atoms with Crippen LogP contribution in [0.25, 0.3) is 0 Å². The summed E-state index contributed by atoms with van der Waals surface area (Å²) in [6.07, 6.45) is 7.26. The molecule has 0 spiro atoms. The average molecular weight is 524 g/mol. The lowest BCUT2D eigenvalue weighted by molar-refractivity contribution is -0.137. The SMILES string of the molecule is CC(CCNC(=O)c1ccc(N2CCCC2)cc1)CC(=O)N1CCC2C1C(=O)CN2C(=O)N1CCCCC1. The van der Waals surface area contributed by atoms with E-state index in [1.54, 1.807) is 9.80 Å². The maximum Gasteiger partial charge on any atom is 0.320 e. The summed E-state index contributed by atoms with van der Waals surface area (Å²) >= 11 is 0. The molecule has 1 aromatic carbocycles. The molecule has 0 aliphatic carbocycles. The fourth-order valence-electron chi connectivity index (χ4n) is 6.48. The van der Waals surface area contributed by atoms with Crippen molar-refractivity contribution in [3.63, 3.8) is 0 Å². The van der Waals surface area contributed by atoms with E-state index in [0.29, 0.717) is 37.9 Å². The maximum absolute atomic E-state index is 13.2. The first-order valence-electron chi connectivity index (χ1n) is 14.4. The Morgan fingerprint density at radius 1 is 0.921 bits per heavy atom. The highest BCUT2D eigenvalue weighted by atomic mass is 16.2.